The topological polar surface area (TPSA) is 68.1 Å². The first kappa shape index (κ1) is 14.1. The summed E-state index contributed by atoms with van der Waals surface area (Å²) in [7, 11) is 3.12. The Morgan fingerprint density at radius 3 is 2.50 bits per heavy atom. The first-order valence-electron chi connectivity index (χ1n) is 4.93. The van der Waals surface area contributed by atoms with E-state index in [0.717, 1.165) is 10.9 Å². The third kappa shape index (κ3) is 3.54. The maximum atomic E-state index is 12.1. The van der Waals surface area contributed by atoms with Gasteiger partial charge in [0.05, 0.1) is 12.7 Å². The van der Waals surface area contributed by atoms with Crippen molar-refractivity contribution in [3.63, 3.8) is 0 Å². The standard InChI is InChI=1S/C9H11F3N4O2/c1-15(2)7(17)3-4-16-5-6(13-14-16)8(18)9(10,11)12/h5H,3-4H2,1-2H3. The summed E-state index contributed by atoms with van der Waals surface area (Å²) in [6, 6.07) is 0. The van der Waals surface area contributed by atoms with Gasteiger partial charge in [0.15, 0.2) is 5.69 Å². The van der Waals surface area contributed by atoms with Gasteiger partial charge in [0.1, 0.15) is 0 Å². The van der Waals surface area contributed by atoms with E-state index in [1.807, 2.05) is 0 Å². The van der Waals surface area contributed by atoms with Crippen molar-refractivity contribution < 1.29 is 22.8 Å². The van der Waals surface area contributed by atoms with Gasteiger partial charge in [-0.15, -0.1) is 5.10 Å². The van der Waals surface area contributed by atoms with Crippen molar-refractivity contribution in [1.82, 2.24) is 19.9 Å². The molecule has 1 aromatic rings. The minimum Gasteiger partial charge on any atom is -0.349 e. The van der Waals surface area contributed by atoms with Gasteiger partial charge >= 0.3 is 6.18 Å². The predicted octanol–water partition coefficient (Wildman–Crippen LogP) is 0.501. The van der Waals surface area contributed by atoms with E-state index in [4.69, 9.17) is 0 Å². The second kappa shape index (κ2) is 5.15. The van der Waals surface area contributed by atoms with E-state index in [2.05, 4.69) is 10.3 Å². The fourth-order valence-electron chi connectivity index (χ4n) is 1.09. The molecule has 0 aliphatic carbocycles. The lowest BCUT2D eigenvalue weighted by Gasteiger charge is -2.09. The van der Waals surface area contributed by atoms with Crippen LogP contribution in [-0.4, -0.2) is 51.9 Å². The number of halogens is 3. The molecule has 0 atom stereocenters. The molecule has 1 amide bonds. The van der Waals surface area contributed by atoms with Gasteiger partial charge < -0.3 is 4.90 Å². The summed E-state index contributed by atoms with van der Waals surface area (Å²) in [4.78, 5) is 23.4. The van der Waals surface area contributed by atoms with Crippen LogP contribution in [0, 0.1) is 0 Å². The average Bonchev–Trinajstić information content (AvgIpc) is 2.71. The molecule has 0 aliphatic rings. The smallest absolute Gasteiger partial charge is 0.349 e. The Bertz CT molecular complexity index is 453. The molecule has 0 spiro atoms. The molecule has 1 heterocycles. The van der Waals surface area contributed by atoms with Crippen LogP contribution in [0.2, 0.25) is 0 Å². The van der Waals surface area contributed by atoms with E-state index >= 15 is 0 Å². The van der Waals surface area contributed by atoms with Gasteiger partial charge in [-0.2, -0.15) is 13.2 Å². The highest BCUT2D eigenvalue weighted by molar-refractivity contribution is 5.98. The van der Waals surface area contributed by atoms with Crippen LogP contribution >= 0.6 is 0 Å². The van der Waals surface area contributed by atoms with Crippen LogP contribution in [-0.2, 0) is 11.3 Å². The number of ketones is 1. The number of aromatic nitrogens is 3. The zero-order valence-electron chi connectivity index (χ0n) is 9.73. The van der Waals surface area contributed by atoms with Crippen LogP contribution in [0.1, 0.15) is 16.9 Å². The van der Waals surface area contributed by atoms with Crippen molar-refractivity contribution in [2.75, 3.05) is 14.1 Å². The second-order valence-electron chi connectivity index (χ2n) is 3.73. The van der Waals surface area contributed by atoms with Gasteiger partial charge in [-0.05, 0) is 0 Å². The van der Waals surface area contributed by atoms with Crippen LogP contribution in [0.25, 0.3) is 0 Å². The number of hydrogen-bond acceptors (Lipinski definition) is 4. The Balaban J connectivity index is 2.65. The van der Waals surface area contributed by atoms with Gasteiger partial charge in [-0.3, -0.25) is 14.3 Å². The monoisotopic (exact) mass is 264 g/mol. The predicted molar refractivity (Wildman–Crippen MR) is 53.7 cm³/mol. The third-order valence-electron chi connectivity index (χ3n) is 2.08. The molecule has 18 heavy (non-hydrogen) atoms. The minimum absolute atomic E-state index is 0.0646. The summed E-state index contributed by atoms with van der Waals surface area (Å²) in [5.74, 6) is -2.25. The van der Waals surface area contributed by atoms with Crippen LogP contribution in [0.5, 0.6) is 0 Å². The van der Waals surface area contributed by atoms with Crippen molar-refractivity contribution in [2.24, 2.45) is 0 Å². The second-order valence-corrected chi connectivity index (χ2v) is 3.73. The molecule has 9 heteroatoms. The van der Waals surface area contributed by atoms with Crippen LogP contribution < -0.4 is 0 Å². The zero-order valence-corrected chi connectivity index (χ0v) is 9.73. The van der Waals surface area contributed by atoms with Gasteiger partial charge in [0, 0.05) is 20.5 Å². The molecule has 0 bridgehead atoms. The maximum absolute atomic E-state index is 12.1. The largest absolute Gasteiger partial charge is 0.456 e. The lowest BCUT2D eigenvalue weighted by atomic mass is 10.3. The fourth-order valence-corrected chi connectivity index (χ4v) is 1.09. The lowest BCUT2D eigenvalue weighted by Crippen LogP contribution is -2.23. The van der Waals surface area contributed by atoms with Crippen LogP contribution in [0.3, 0.4) is 0 Å². The van der Waals surface area contributed by atoms with E-state index in [1.54, 1.807) is 14.1 Å². The van der Waals surface area contributed by atoms with Crippen molar-refractivity contribution in [3.8, 4) is 0 Å². The zero-order chi connectivity index (χ0) is 13.9. The molecule has 0 saturated carbocycles. The molecule has 1 rings (SSSR count). The Kier molecular flexibility index (Phi) is 4.04. The number of amides is 1. The molecule has 100 valence electrons. The van der Waals surface area contributed by atoms with Crippen LogP contribution in [0.15, 0.2) is 6.20 Å². The maximum Gasteiger partial charge on any atom is 0.456 e. The van der Waals surface area contributed by atoms with Crippen molar-refractivity contribution >= 4 is 11.7 Å². The third-order valence-corrected chi connectivity index (χ3v) is 2.08. The van der Waals surface area contributed by atoms with E-state index in [0.29, 0.717) is 0 Å². The van der Waals surface area contributed by atoms with Crippen molar-refractivity contribution in [3.05, 3.63) is 11.9 Å². The van der Waals surface area contributed by atoms with Crippen molar-refractivity contribution in [2.45, 2.75) is 19.1 Å². The molecule has 0 fully saturated rings. The number of carbonyl (C=O) groups is 2. The number of rotatable bonds is 4. The number of Topliss-reactive ketones (excluding diaryl/α,β-unsaturated/α-hetero) is 1. The summed E-state index contributed by atoms with van der Waals surface area (Å²) in [5, 5.41) is 6.48. The average molecular weight is 264 g/mol. The Hall–Kier alpha value is -1.93. The molecule has 6 nitrogen and oxygen atoms in total. The summed E-state index contributed by atoms with van der Waals surface area (Å²) in [6.07, 6.45) is -4.03. The van der Waals surface area contributed by atoms with E-state index in [9.17, 15) is 22.8 Å². The van der Waals surface area contributed by atoms with Gasteiger partial charge in [0.2, 0.25) is 5.91 Å². The summed E-state index contributed by atoms with van der Waals surface area (Å²) >= 11 is 0. The number of nitrogens with zero attached hydrogens (tertiary/aromatic N) is 4. The molecule has 0 radical (unpaired) electrons. The molecule has 0 aliphatic heterocycles. The SMILES string of the molecule is CN(C)C(=O)CCn1cc(C(=O)C(F)(F)F)nn1. The van der Waals surface area contributed by atoms with Crippen molar-refractivity contribution in [1.29, 1.82) is 0 Å². The molecule has 0 aromatic carbocycles. The molecule has 0 unspecified atom stereocenters. The molecular formula is C9H11F3N4O2. The fraction of sp³-hybridized carbons (Fsp3) is 0.556. The summed E-state index contributed by atoms with van der Waals surface area (Å²) < 4.78 is 37.3. The van der Waals surface area contributed by atoms with E-state index in [-0.39, 0.29) is 18.9 Å². The number of alkyl halides is 3. The first-order chi connectivity index (χ1) is 8.21. The highest BCUT2D eigenvalue weighted by atomic mass is 19.4. The van der Waals surface area contributed by atoms with Gasteiger partial charge in [-0.25, -0.2) is 0 Å². The normalized spacial score (nSPS) is 11.4. The minimum atomic E-state index is -4.97. The Morgan fingerprint density at radius 2 is 2.00 bits per heavy atom. The molecule has 0 saturated heterocycles. The summed E-state index contributed by atoms with van der Waals surface area (Å²) in [6.45, 7) is 0.0646. The van der Waals surface area contributed by atoms with Crippen LogP contribution in [0.4, 0.5) is 13.2 Å². The number of carbonyl (C=O) groups excluding carboxylic acids is 2. The van der Waals surface area contributed by atoms with Gasteiger partial charge in [0.25, 0.3) is 5.78 Å². The molecular weight excluding hydrogens is 253 g/mol. The molecule has 0 N–H and O–H groups in total. The number of hydrogen-bond donors (Lipinski definition) is 0. The lowest BCUT2D eigenvalue weighted by molar-refractivity contribution is -0.128. The van der Waals surface area contributed by atoms with E-state index < -0.39 is 17.7 Å². The summed E-state index contributed by atoms with van der Waals surface area (Å²) in [5.41, 5.74) is -0.778. The highest BCUT2D eigenvalue weighted by Gasteiger charge is 2.41. The Morgan fingerprint density at radius 1 is 1.39 bits per heavy atom. The highest BCUT2D eigenvalue weighted by Crippen LogP contribution is 2.19. The molecule has 1 aromatic heterocycles. The van der Waals surface area contributed by atoms with E-state index in [1.165, 1.54) is 4.90 Å². The van der Waals surface area contributed by atoms with Gasteiger partial charge in [-0.1, -0.05) is 5.21 Å². The first-order valence-corrected chi connectivity index (χ1v) is 4.93. The number of aryl methyl sites for hydroxylation is 1. The Labute approximate surface area is 100 Å². The quantitative estimate of drug-likeness (QED) is 0.743.